The number of benzene rings is 1. The summed E-state index contributed by atoms with van der Waals surface area (Å²) in [5.74, 6) is 1.43. The Hall–Kier alpha value is -3.28. The molecule has 0 aliphatic carbocycles. The van der Waals surface area contributed by atoms with Gasteiger partial charge in [-0.2, -0.15) is 0 Å². The molecule has 2 heterocycles. The second kappa shape index (κ2) is 10.2. The normalized spacial score (nSPS) is 12.0. The monoisotopic (exact) mass is 423 g/mol. The van der Waals surface area contributed by atoms with E-state index >= 15 is 0 Å². The summed E-state index contributed by atoms with van der Waals surface area (Å²) in [6.07, 6.45) is 3.74. The van der Waals surface area contributed by atoms with E-state index in [4.69, 9.17) is 13.6 Å². The van der Waals surface area contributed by atoms with Gasteiger partial charge < -0.3 is 18.9 Å². The van der Waals surface area contributed by atoms with Gasteiger partial charge in [-0.05, 0) is 69.0 Å². The average molecular weight is 424 g/mol. The van der Waals surface area contributed by atoms with Gasteiger partial charge >= 0.3 is 5.63 Å². The van der Waals surface area contributed by atoms with Crippen molar-refractivity contribution in [2.45, 2.75) is 52.5 Å². The van der Waals surface area contributed by atoms with Crippen molar-refractivity contribution in [1.82, 2.24) is 5.32 Å². The second-order valence-electron chi connectivity index (χ2n) is 7.98. The lowest BCUT2D eigenvalue weighted by atomic mass is 10.0. The van der Waals surface area contributed by atoms with E-state index < -0.39 is 5.63 Å². The molecule has 31 heavy (non-hydrogen) atoms. The topological polar surface area (TPSA) is 81.7 Å². The molecule has 2 aromatic heterocycles. The number of aryl methyl sites for hydroxylation is 2. The Morgan fingerprint density at radius 3 is 2.77 bits per heavy atom. The third kappa shape index (κ3) is 6.10. The maximum atomic E-state index is 12.5. The number of hydrogen-bond donors (Lipinski definition) is 1. The minimum absolute atomic E-state index is 0.0179. The molecule has 164 valence electrons. The molecular formula is C25H29NO5. The van der Waals surface area contributed by atoms with Crippen molar-refractivity contribution in [3.05, 3.63) is 76.1 Å². The fraction of sp³-hybridized carbons (Fsp3) is 0.360. The molecule has 3 rings (SSSR count). The van der Waals surface area contributed by atoms with Gasteiger partial charge in [0.2, 0.25) is 5.91 Å². The Labute approximate surface area is 181 Å². The predicted octanol–water partition coefficient (Wildman–Crippen LogP) is 4.72. The van der Waals surface area contributed by atoms with Gasteiger partial charge in [-0.3, -0.25) is 4.79 Å². The van der Waals surface area contributed by atoms with E-state index in [2.05, 4.69) is 11.9 Å². The molecule has 0 radical (unpaired) electrons. The van der Waals surface area contributed by atoms with Gasteiger partial charge in [0, 0.05) is 35.9 Å². The Morgan fingerprint density at radius 2 is 2.06 bits per heavy atom. The van der Waals surface area contributed by atoms with Crippen molar-refractivity contribution in [3.8, 4) is 5.75 Å². The molecular weight excluding hydrogens is 394 g/mol. The molecule has 0 aliphatic rings. The van der Waals surface area contributed by atoms with Crippen LogP contribution in [0.3, 0.4) is 0 Å². The van der Waals surface area contributed by atoms with E-state index in [0.717, 1.165) is 35.1 Å². The zero-order valence-electron chi connectivity index (χ0n) is 18.3. The number of ether oxygens (including phenoxy) is 1. The van der Waals surface area contributed by atoms with Crippen LogP contribution in [0.5, 0.6) is 5.75 Å². The molecule has 6 nitrogen and oxygen atoms in total. The molecule has 1 amide bonds. The highest BCUT2D eigenvalue weighted by atomic mass is 16.5. The quantitative estimate of drug-likeness (QED) is 0.377. The number of nitrogens with one attached hydrogen (secondary N) is 1. The van der Waals surface area contributed by atoms with Crippen LogP contribution in [0.2, 0.25) is 0 Å². The summed E-state index contributed by atoms with van der Waals surface area (Å²) in [6.45, 7) is 9.94. The summed E-state index contributed by atoms with van der Waals surface area (Å²) in [5.41, 5.74) is 2.32. The van der Waals surface area contributed by atoms with Gasteiger partial charge in [-0.1, -0.05) is 6.58 Å². The van der Waals surface area contributed by atoms with Crippen molar-refractivity contribution in [2.75, 3.05) is 6.61 Å². The maximum absolute atomic E-state index is 12.5. The lowest BCUT2D eigenvalue weighted by Gasteiger charge is -2.14. The van der Waals surface area contributed by atoms with E-state index in [1.165, 1.54) is 0 Å². The molecule has 0 spiro atoms. The van der Waals surface area contributed by atoms with Gasteiger partial charge in [0.25, 0.3) is 0 Å². The maximum Gasteiger partial charge on any atom is 0.339 e. The van der Waals surface area contributed by atoms with Crippen molar-refractivity contribution in [2.24, 2.45) is 0 Å². The Bertz CT molecular complexity index is 1110. The highest BCUT2D eigenvalue weighted by Gasteiger charge is 2.15. The van der Waals surface area contributed by atoms with Gasteiger partial charge in [-0.15, -0.1) is 0 Å². The summed E-state index contributed by atoms with van der Waals surface area (Å²) in [6, 6.07) is 9.23. The average Bonchev–Trinajstić information content (AvgIpc) is 3.24. The van der Waals surface area contributed by atoms with Crippen LogP contribution < -0.4 is 15.7 Å². The van der Waals surface area contributed by atoms with E-state index in [9.17, 15) is 9.59 Å². The number of furan rings is 1. The smallest absolute Gasteiger partial charge is 0.339 e. The molecule has 0 fully saturated rings. The fourth-order valence-corrected chi connectivity index (χ4v) is 3.43. The number of fused-ring (bicyclic) bond motifs is 1. The van der Waals surface area contributed by atoms with Crippen molar-refractivity contribution < 1.29 is 18.4 Å². The van der Waals surface area contributed by atoms with Gasteiger partial charge in [0.15, 0.2) is 0 Å². The van der Waals surface area contributed by atoms with Crippen molar-refractivity contribution in [1.29, 1.82) is 0 Å². The number of hydrogen-bond acceptors (Lipinski definition) is 5. The first-order valence-electron chi connectivity index (χ1n) is 10.5. The first-order chi connectivity index (χ1) is 14.8. The molecule has 3 aromatic rings. The molecule has 0 saturated carbocycles. The lowest BCUT2D eigenvalue weighted by Crippen LogP contribution is -2.33. The van der Waals surface area contributed by atoms with Crippen LogP contribution in [0.1, 0.15) is 43.6 Å². The molecule has 1 aromatic carbocycles. The highest BCUT2D eigenvalue weighted by Crippen LogP contribution is 2.25. The summed E-state index contributed by atoms with van der Waals surface area (Å²) < 4.78 is 16.5. The molecule has 0 saturated heterocycles. The van der Waals surface area contributed by atoms with Gasteiger partial charge in [0.1, 0.15) is 23.7 Å². The van der Waals surface area contributed by atoms with Crippen LogP contribution in [0.15, 0.2) is 62.4 Å². The van der Waals surface area contributed by atoms with Crippen LogP contribution in [-0.4, -0.2) is 18.6 Å². The standard InChI is InChI=1S/C25H29NO5/c1-16(2)15-30-20-9-10-21-18(4)22(25(28)31-23(21)14-20)11-12-24(27)26-17(3)7-8-19-6-5-13-29-19/h5-6,9-10,13-14,17H,1,7-8,11-12,15H2,2-4H3,(H,26,27)/t17-/m0/s1. The van der Waals surface area contributed by atoms with E-state index in [1.807, 2.05) is 45.0 Å². The van der Waals surface area contributed by atoms with Crippen LogP contribution in [-0.2, 0) is 17.6 Å². The lowest BCUT2D eigenvalue weighted by molar-refractivity contribution is -0.121. The fourth-order valence-electron chi connectivity index (χ4n) is 3.43. The first-order valence-corrected chi connectivity index (χ1v) is 10.5. The summed E-state index contributed by atoms with van der Waals surface area (Å²) in [5, 5.41) is 3.82. The van der Waals surface area contributed by atoms with E-state index in [0.29, 0.717) is 29.9 Å². The summed E-state index contributed by atoms with van der Waals surface area (Å²) >= 11 is 0. The highest BCUT2D eigenvalue weighted by molar-refractivity contribution is 5.82. The number of rotatable bonds is 10. The number of amides is 1. The predicted molar refractivity (Wildman–Crippen MR) is 120 cm³/mol. The Balaban J connectivity index is 1.61. The van der Waals surface area contributed by atoms with Crippen molar-refractivity contribution in [3.63, 3.8) is 0 Å². The second-order valence-corrected chi connectivity index (χ2v) is 7.98. The van der Waals surface area contributed by atoms with Gasteiger partial charge in [-0.25, -0.2) is 4.79 Å². The molecule has 0 aliphatic heterocycles. The molecule has 6 heteroatoms. The van der Waals surface area contributed by atoms with Crippen LogP contribution in [0.25, 0.3) is 11.0 Å². The first kappa shape index (κ1) is 22.4. The molecule has 0 unspecified atom stereocenters. The van der Waals surface area contributed by atoms with E-state index in [1.54, 1.807) is 12.3 Å². The summed E-state index contributed by atoms with van der Waals surface area (Å²) in [7, 11) is 0. The minimum Gasteiger partial charge on any atom is -0.489 e. The van der Waals surface area contributed by atoms with Crippen LogP contribution in [0.4, 0.5) is 0 Å². The zero-order valence-corrected chi connectivity index (χ0v) is 18.3. The SMILES string of the molecule is C=C(C)COc1ccc2c(C)c(CCC(=O)N[C@@H](C)CCc3ccco3)c(=O)oc2c1. The van der Waals surface area contributed by atoms with E-state index in [-0.39, 0.29) is 18.4 Å². The minimum atomic E-state index is -0.416. The van der Waals surface area contributed by atoms with Crippen LogP contribution in [0, 0.1) is 6.92 Å². The van der Waals surface area contributed by atoms with Crippen molar-refractivity contribution >= 4 is 16.9 Å². The molecule has 1 atom stereocenters. The molecule has 0 bridgehead atoms. The Kier molecular flexibility index (Phi) is 7.34. The number of carbonyl (C=O) groups is 1. The third-order valence-corrected chi connectivity index (χ3v) is 5.16. The number of carbonyl (C=O) groups excluding carboxylic acids is 1. The molecule has 1 N–H and O–H groups in total. The zero-order chi connectivity index (χ0) is 22.4. The van der Waals surface area contributed by atoms with Crippen LogP contribution >= 0.6 is 0 Å². The van der Waals surface area contributed by atoms with Gasteiger partial charge in [0.05, 0.1) is 6.26 Å². The summed E-state index contributed by atoms with van der Waals surface area (Å²) in [4.78, 5) is 24.9. The largest absolute Gasteiger partial charge is 0.489 e. The third-order valence-electron chi connectivity index (χ3n) is 5.16. The Morgan fingerprint density at radius 1 is 1.26 bits per heavy atom.